The lowest BCUT2D eigenvalue weighted by atomic mass is 9.79. The van der Waals surface area contributed by atoms with Gasteiger partial charge in [0.25, 0.3) is 0 Å². The maximum atomic E-state index is 12.6. The van der Waals surface area contributed by atoms with E-state index < -0.39 is 10.0 Å². The molecule has 0 aliphatic carbocycles. The molecule has 0 amide bonds. The van der Waals surface area contributed by atoms with Crippen LogP contribution in [0.4, 0.5) is 0 Å². The number of ether oxygens (including phenoxy) is 1. The molecular weight excluding hydrogens is 398 g/mol. The zero-order valence-electron chi connectivity index (χ0n) is 12.5. The molecule has 23 heavy (non-hydrogen) atoms. The van der Waals surface area contributed by atoms with Crippen molar-refractivity contribution >= 4 is 37.3 Å². The molecule has 0 saturated carbocycles. The van der Waals surface area contributed by atoms with Crippen molar-refractivity contribution in [2.75, 3.05) is 19.8 Å². The van der Waals surface area contributed by atoms with Gasteiger partial charge in [0.2, 0.25) is 10.0 Å². The van der Waals surface area contributed by atoms with Crippen LogP contribution >= 0.6 is 27.3 Å². The summed E-state index contributed by atoms with van der Waals surface area (Å²) >= 11 is 4.99. The Hall–Kier alpha value is -0.730. The minimum absolute atomic E-state index is 0.180. The topological polar surface area (TPSA) is 55.4 Å². The highest BCUT2D eigenvalue weighted by atomic mass is 79.9. The molecule has 1 N–H and O–H groups in total. The Kier molecular flexibility index (Phi) is 5.22. The fraction of sp³-hybridized carbons (Fsp3) is 0.375. The summed E-state index contributed by atoms with van der Waals surface area (Å²) in [5.74, 6) is 0. The molecule has 7 heteroatoms. The van der Waals surface area contributed by atoms with Crippen LogP contribution in [0.3, 0.4) is 0 Å². The molecule has 0 spiro atoms. The third-order valence-electron chi connectivity index (χ3n) is 4.22. The number of rotatable bonds is 5. The minimum atomic E-state index is -3.55. The standard InChI is InChI=1S/C16H18BrNO3S2/c17-13-4-1-2-5-14(13)23(19,20)18-12-16(7-9-21-10-8-16)15-6-3-11-22-15/h1-6,11,18H,7-10,12H2. The summed E-state index contributed by atoms with van der Waals surface area (Å²) in [5.41, 5.74) is -0.180. The quantitative estimate of drug-likeness (QED) is 0.812. The summed E-state index contributed by atoms with van der Waals surface area (Å²) in [7, 11) is -3.55. The molecule has 0 unspecified atom stereocenters. The van der Waals surface area contributed by atoms with E-state index in [-0.39, 0.29) is 10.3 Å². The molecule has 1 saturated heterocycles. The minimum Gasteiger partial charge on any atom is -0.381 e. The summed E-state index contributed by atoms with van der Waals surface area (Å²) in [6, 6.07) is 11.0. The summed E-state index contributed by atoms with van der Waals surface area (Å²) < 4.78 is 34.1. The van der Waals surface area contributed by atoms with Crippen LogP contribution in [-0.2, 0) is 20.2 Å². The van der Waals surface area contributed by atoms with Gasteiger partial charge in [0.05, 0.1) is 4.90 Å². The molecule has 1 aromatic carbocycles. The van der Waals surface area contributed by atoms with E-state index in [0.717, 1.165) is 12.8 Å². The van der Waals surface area contributed by atoms with Crippen molar-refractivity contribution in [2.24, 2.45) is 0 Å². The first kappa shape index (κ1) is 17.1. The van der Waals surface area contributed by atoms with Gasteiger partial charge in [0, 0.05) is 34.5 Å². The van der Waals surface area contributed by atoms with Crippen molar-refractivity contribution in [3.63, 3.8) is 0 Å². The highest BCUT2D eigenvalue weighted by Crippen LogP contribution is 2.37. The van der Waals surface area contributed by atoms with Gasteiger partial charge in [-0.3, -0.25) is 0 Å². The number of sulfonamides is 1. The van der Waals surface area contributed by atoms with Crippen molar-refractivity contribution in [1.29, 1.82) is 0 Å². The van der Waals surface area contributed by atoms with Gasteiger partial charge in [-0.15, -0.1) is 11.3 Å². The van der Waals surface area contributed by atoms with Crippen molar-refractivity contribution in [3.8, 4) is 0 Å². The predicted molar refractivity (Wildman–Crippen MR) is 95.4 cm³/mol. The van der Waals surface area contributed by atoms with Crippen molar-refractivity contribution < 1.29 is 13.2 Å². The number of hydrogen-bond acceptors (Lipinski definition) is 4. The molecule has 1 fully saturated rings. The molecule has 124 valence electrons. The lowest BCUT2D eigenvalue weighted by Gasteiger charge is -2.36. The molecular formula is C16H18BrNO3S2. The Bertz CT molecular complexity index is 753. The molecule has 1 aliphatic rings. The van der Waals surface area contributed by atoms with Crippen LogP contribution in [0.5, 0.6) is 0 Å². The third kappa shape index (κ3) is 3.69. The summed E-state index contributed by atoms with van der Waals surface area (Å²) in [6.45, 7) is 1.71. The predicted octanol–water partition coefficient (Wildman–Crippen LogP) is 3.54. The first-order valence-electron chi connectivity index (χ1n) is 7.39. The Morgan fingerprint density at radius 1 is 1.17 bits per heavy atom. The van der Waals surface area contributed by atoms with Crippen LogP contribution < -0.4 is 4.72 Å². The monoisotopic (exact) mass is 415 g/mol. The second kappa shape index (κ2) is 7.03. The van der Waals surface area contributed by atoms with E-state index in [1.54, 1.807) is 35.6 Å². The third-order valence-corrected chi connectivity index (χ3v) is 7.75. The molecule has 0 bridgehead atoms. The number of hydrogen-bond donors (Lipinski definition) is 1. The van der Waals surface area contributed by atoms with Gasteiger partial charge in [0.1, 0.15) is 0 Å². The zero-order valence-corrected chi connectivity index (χ0v) is 15.7. The van der Waals surface area contributed by atoms with Crippen LogP contribution in [0.15, 0.2) is 51.1 Å². The number of halogens is 1. The van der Waals surface area contributed by atoms with E-state index in [2.05, 4.69) is 26.7 Å². The van der Waals surface area contributed by atoms with E-state index >= 15 is 0 Å². The maximum absolute atomic E-state index is 12.6. The molecule has 0 atom stereocenters. The van der Waals surface area contributed by atoms with Gasteiger partial charge in [-0.25, -0.2) is 13.1 Å². The fourth-order valence-corrected chi connectivity index (χ4v) is 5.94. The Balaban J connectivity index is 1.83. The largest absolute Gasteiger partial charge is 0.381 e. The zero-order chi connectivity index (χ0) is 16.3. The second-order valence-corrected chi connectivity index (χ2v) is 9.16. The normalized spacial score (nSPS) is 18.0. The number of thiophene rings is 1. The second-order valence-electron chi connectivity index (χ2n) is 5.62. The summed E-state index contributed by atoms with van der Waals surface area (Å²) in [6.07, 6.45) is 1.65. The highest BCUT2D eigenvalue weighted by molar-refractivity contribution is 9.10. The average Bonchev–Trinajstić information content (AvgIpc) is 3.09. The average molecular weight is 416 g/mol. The summed E-state index contributed by atoms with van der Waals surface area (Å²) in [5, 5.41) is 2.04. The molecule has 2 aromatic rings. The first-order valence-corrected chi connectivity index (χ1v) is 10.6. The highest BCUT2D eigenvalue weighted by Gasteiger charge is 2.36. The van der Waals surface area contributed by atoms with Gasteiger partial charge in [-0.1, -0.05) is 18.2 Å². The van der Waals surface area contributed by atoms with Crippen molar-refractivity contribution in [3.05, 3.63) is 51.1 Å². The molecule has 0 radical (unpaired) electrons. The number of nitrogens with one attached hydrogen (secondary N) is 1. The Labute approximate surface area is 149 Å². The first-order chi connectivity index (χ1) is 11.0. The van der Waals surface area contributed by atoms with Crippen LogP contribution in [0.2, 0.25) is 0 Å². The molecule has 2 heterocycles. The lowest BCUT2D eigenvalue weighted by Crippen LogP contribution is -2.44. The van der Waals surface area contributed by atoms with Crippen LogP contribution in [-0.4, -0.2) is 28.2 Å². The van der Waals surface area contributed by atoms with E-state index in [9.17, 15) is 8.42 Å². The molecule has 4 nitrogen and oxygen atoms in total. The van der Waals surface area contributed by atoms with Crippen LogP contribution in [0, 0.1) is 0 Å². The van der Waals surface area contributed by atoms with Gasteiger partial charge in [-0.2, -0.15) is 0 Å². The van der Waals surface area contributed by atoms with Crippen LogP contribution in [0.25, 0.3) is 0 Å². The van der Waals surface area contributed by atoms with Crippen molar-refractivity contribution in [1.82, 2.24) is 4.72 Å². The Morgan fingerprint density at radius 3 is 2.57 bits per heavy atom. The van der Waals surface area contributed by atoms with E-state index in [1.165, 1.54) is 4.88 Å². The Morgan fingerprint density at radius 2 is 1.91 bits per heavy atom. The molecule has 3 rings (SSSR count). The van der Waals surface area contributed by atoms with Gasteiger partial charge >= 0.3 is 0 Å². The van der Waals surface area contributed by atoms with E-state index in [4.69, 9.17) is 4.74 Å². The van der Waals surface area contributed by atoms with Gasteiger partial charge in [0.15, 0.2) is 0 Å². The SMILES string of the molecule is O=S(=O)(NCC1(c2cccs2)CCOCC1)c1ccccc1Br. The smallest absolute Gasteiger partial charge is 0.241 e. The van der Waals surface area contributed by atoms with Crippen molar-refractivity contribution in [2.45, 2.75) is 23.2 Å². The van der Waals surface area contributed by atoms with E-state index in [1.807, 2.05) is 11.4 Å². The van der Waals surface area contributed by atoms with Gasteiger partial charge < -0.3 is 4.74 Å². The molecule has 1 aromatic heterocycles. The number of benzene rings is 1. The van der Waals surface area contributed by atoms with Crippen LogP contribution in [0.1, 0.15) is 17.7 Å². The summed E-state index contributed by atoms with van der Waals surface area (Å²) in [4.78, 5) is 1.49. The van der Waals surface area contributed by atoms with E-state index in [0.29, 0.717) is 24.2 Å². The maximum Gasteiger partial charge on any atom is 0.241 e. The van der Waals surface area contributed by atoms with Gasteiger partial charge in [-0.05, 0) is 52.4 Å². The molecule has 1 aliphatic heterocycles. The fourth-order valence-electron chi connectivity index (χ4n) is 2.83. The lowest BCUT2D eigenvalue weighted by molar-refractivity contribution is 0.0529.